The van der Waals surface area contributed by atoms with Crippen molar-refractivity contribution in [3.05, 3.63) is 65.2 Å². The number of sulfonamides is 1. The van der Waals surface area contributed by atoms with E-state index in [1.54, 1.807) is 18.2 Å². The fourth-order valence-electron chi connectivity index (χ4n) is 8.11. The number of alkyl carbamates (subject to hydrolysis) is 1. The Morgan fingerprint density at radius 2 is 1.74 bits per heavy atom. The lowest BCUT2D eigenvalue weighted by molar-refractivity contribution is -0.0616. The third kappa shape index (κ3) is 7.45. The van der Waals surface area contributed by atoms with Crippen molar-refractivity contribution >= 4 is 28.0 Å². The topological polar surface area (TPSA) is 140 Å². The smallest absolute Gasteiger partial charge is 0.407 e. The summed E-state index contributed by atoms with van der Waals surface area (Å²) < 4.78 is 41.7. The summed E-state index contributed by atoms with van der Waals surface area (Å²) in [6.07, 6.45) is 6.07. The molecule has 11 nitrogen and oxygen atoms in total. The van der Waals surface area contributed by atoms with Gasteiger partial charge >= 0.3 is 6.09 Å². The van der Waals surface area contributed by atoms with Gasteiger partial charge in [-0.05, 0) is 105 Å². The van der Waals surface area contributed by atoms with Crippen LogP contribution < -0.4 is 14.8 Å². The van der Waals surface area contributed by atoms with Gasteiger partial charge in [0.1, 0.15) is 12.7 Å². The van der Waals surface area contributed by atoms with Crippen LogP contribution in [0.2, 0.25) is 0 Å². The zero-order valence-corrected chi connectivity index (χ0v) is 30.3. The van der Waals surface area contributed by atoms with Crippen LogP contribution in [-0.4, -0.2) is 66.6 Å². The molecule has 4 aliphatic rings. The summed E-state index contributed by atoms with van der Waals surface area (Å²) >= 11 is 0. The predicted molar refractivity (Wildman–Crippen MR) is 189 cm³/mol. The van der Waals surface area contributed by atoms with Gasteiger partial charge in [-0.1, -0.05) is 45.0 Å². The monoisotopic (exact) mass is 701 g/mol. The van der Waals surface area contributed by atoms with Gasteiger partial charge in [0.15, 0.2) is 0 Å². The highest BCUT2D eigenvalue weighted by molar-refractivity contribution is 7.92. The molecule has 12 heteroatoms. The lowest BCUT2D eigenvalue weighted by Crippen LogP contribution is -2.58. The third-order valence-electron chi connectivity index (χ3n) is 10.4. The number of hydrogen-bond acceptors (Lipinski definition) is 8. The van der Waals surface area contributed by atoms with Gasteiger partial charge in [-0.25, -0.2) is 22.9 Å². The fourth-order valence-corrected chi connectivity index (χ4v) is 9.10. The number of aryl methyl sites for hydroxylation is 2. The number of amides is 2. The number of hydrogen-bond donors (Lipinski definition) is 2. The number of carbonyl (C=O) groups excluding carboxylic acids is 2. The van der Waals surface area contributed by atoms with Crippen LogP contribution in [0.4, 0.5) is 10.7 Å². The van der Waals surface area contributed by atoms with E-state index in [-0.39, 0.29) is 70.3 Å². The zero-order chi connectivity index (χ0) is 35.4. The normalized spacial score (nSPS) is 25.8. The Labute approximate surface area is 294 Å². The first-order valence-electron chi connectivity index (χ1n) is 17.6. The van der Waals surface area contributed by atoms with Crippen molar-refractivity contribution in [1.82, 2.24) is 20.2 Å². The predicted octanol–water partition coefficient (Wildman–Crippen LogP) is 6.65. The molecule has 4 bridgehead atoms. The highest BCUT2D eigenvalue weighted by Crippen LogP contribution is 2.59. The van der Waals surface area contributed by atoms with Crippen LogP contribution in [0.25, 0.3) is 11.3 Å². The lowest BCUT2D eigenvalue weighted by atomic mass is 9.50. The number of anilines is 1. The highest BCUT2D eigenvalue weighted by atomic mass is 32.2. The van der Waals surface area contributed by atoms with Gasteiger partial charge in [-0.3, -0.25) is 4.79 Å². The van der Waals surface area contributed by atoms with E-state index in [1.165, 1.54) is 12.1 Å². The fraction of sp³-hybridized carbons (Fsp3) is 0.526. The van der Waals surface area contributed by atoms with E-state index in [0.717, 1.165) is 55.2 Å². The van der Waals surface area contributed by atoms with Gasteiger partial charge < -0.3 is 19.7 Å². The maximum Gasteiger partial charge on any atom is 0.407 e. The van der Waals surface area contributed by atoms with Crippen molar-refractivity contribution in [2.75, 3.05) is 17.9 Å². The maximum atomic E-state index is 14.5. The van der Waals surface area contributed by atoms with Gasteiger partial charge in [0.25, 0.3) is 15.9 Å². The second-order valence-corrected chi connectivity index (χ2v) is 17.8. The Morgan fingerprint density at radius 1 is 1.04 bits per heavy atom. The molecular weight excluding hydrogens is 655 g/mol. The third-order valence-corrected chi connectivity index (χ3v) is 11.7. The molecule has 0 radical (unpaired) electrons. The van der Waals surface area contributed by atoms with Gasteiger partial charge in [0.2, 0.25) is 11.8 Å². The molecule has 1 atom stereocenters. The lowest BCUT2D eigenvalue weighted by Gasteiger charge is -2.58. The Bertz CT molecular complexity index is 1890. The molecular formula is C38H47N5O6S. The van der Waals surface area contributed by atoms with E-state index >= 15 is 0 Å². The van der Waals surface area contributed by atoms with Crippen molar-refractivity contribution < 1.29 is 27.5 Å². The van der Waals surface area contributed by atoms with E-state index in [0.29, 0.717) is 24.2 Å². The summed E-state index contributed by atoms with van der Waals surface area (Å²) in [4.78, 5) is 37.6. The van der Waals surface area contributed by atoms with Crippen LogP contribution in [0.3, 0.4) is 0 Å². The molecule has 2 amide bonds. The van der Waals surface area contributed by atoms with E-state index in [9.17, 15) is 18.0 Å². The Balaban J connectivity index is 1.18. The summed E-state index contributed by atoms with van der Waals surface area (Å²) in [5.41, 5.74) is 3.72. The number of carbonyl (C=O) groups is 2. The summed E-state index contributed by atoms with van der Waals surface area (Å²) in [7, 11) is -4.15. The van der Waals surface area contributed by atoms with Crippen LogP contribution in [0.5, 0.6) is 5.88 Å². The number of aromatic nitrogens is 2. The van der Waals surface area contributed by atoms with E-state index in [2.05, 4.69) is 40.8 Å². The molecule has 50 heavy (non-hydrogen) atoms. The number of rotatable bonds is 6. The first-order valence-corrected chi connectivity index (χ1v) is 19.1. The van der Waals surface area contributed by atoms with Crippen molar-refractivity contribution in [3.63, 3.8) is 0 Å². The summed E-state index contributed by atoms with van der Waals surface area (Å²) in [6.45, 7) is 11.1. The van der Waals surface area contributed by atoms with Crippen molar-refractivity contribution in [2.24, 2.45) is 16.7 Å². The second-order valence-electron chi connectivity index (χ2n) is 16.1. The number of nitrogens with one attached hydrogen (secondary N) is 2. The number of nitrogens with zero attached hydrogens (tertiary/aromatic N) is 3. The van der Waals surface area contributed by atoms with E-state index in [1.807, 2.05) is 36.9 Å². The summed E-state index contributed by atoms with van der Waals surface area (Å²) in [5.74, 6) is 0.161. The molecule has 0 unspecified atom stereocenters. The first kappa shape index (κ1) is 34.3. The molecule has 3 aliphatic carbocycles. The number of ether oxygens (including phenoxy) is 2. The minimum Gasteiger partial charge on any atom is -0.475 e. The van der Waals surface area contributed by atoms with Gasteiger partial charge in [-0.2, -0.15) is 4.98 Å². The molecule has 266 valence electrons. The Morgan fingerprint density at radius 3 is 2.42 bits per heavy atom. The van der Waals surface area contributed by atoms with Gasteiger partial charge in [-0.15, -0.1) is 0 Å². The molecule has 2 aromatic carbocycles. The minimum absolute atomic E-state index is 0.0470. The van der Waals surface area contributed by atoms with Crippen LogP contribution in [0.15, 0.2) is 53.4 Å². The second kappa shape index (κ2) is 12.9. The summed E-state index contributed by atoms with van der Waals surface area (Å²) in [5, 5.41) is 3.02. The molecule has 3 aromatic rings. The zero-order valence-electron chi connectivity index (χ0n) is 29.5. The average molecular weight is 702 g/mol. The van der Waals surface area contributed by atoms with Crippen molar-refractivity contribution in [1.29, 1.82) is 0 Å². The molecule has 1 aliphatic heterocycles. The Kier molecular flexibility index (Phi) is 8.81. The standard InChI is InChI=1S/C38H47N5O6S/c1-23-8-6-9-24(2)33(23)31-15-32-41-35(40-31)42-50(46,47)30-11-7-10-26(14-30)34(44)43(28(22-48-32)20-37(3,4)5)21-25-16-38(17-25)18-27(19-38)39-36(45)49-29-12-13-29/h6-11,14-15,25,27-29H,12-13,16-22H2,1-5H3,(H,39,45)(H,40,41,42)/t25?,27?,28-,38?/m1/s1. The van der Waals surface area contributed by atoms with Crippen molar-refractivity contribution in [3.8, 4) is 17.1 Å². The SMILES string of the molecule is Cc1cccc(C)c1-c1cc2nc(n1)NS(=O)(=O)c1cccc(c1)C(=O)N(CC1CC3(C1)CC(NC(=O)OC1CC1)C3)[C@H](CC(C)(C)C)CO2. The van der Waals surface area contributed by atoms with Crippen LogP contribution in [0.1, 0.15) is 87.2 Å². The summed E-state index contributed by atoms with van der Waals surface area (Å²) in [6, 6.07) is 13.7. The molecule has 7 rings (SSSR count). The Hall–Kier alpha value is -4.19. The molecule has 2 heterocycles. The minimum atomic E-state index is -4.15. The largest absolute Gasteiger partial charge is 0.475 e. The molecule has 3 fully saturated rings. The van der Waals surface area contributed by atoms with Gasteiger partial charge in [0.05, 0.1) is 16.6 Å². The number of benzene rings is 2. The number of fused-ring (bicyclic) bond motifs is 4. The van der Waals surface area contributed by atoms with Crippen LogP contribution in [0, 0.1) is 30.6 Å². The quantitative estimate of drug-likeness (QED) is 0.291. The van der Waals surface area contributed by atoms with E-state index < -0.39 is 10.0 Å². The van der Waals surface area contributed by atoms with Crippen LogP contribution >= 0.6 is 0 Å². The molecule has 1 spiro atoms. The molecule has 1 aromatic heterocycles. The highest BCUT2D eigenvalue weighted by Gasteiger charge is 2.54. The van der Waals surface area contributed by atoms with Crippen LogP contribution in [-0.2, 0) is 14.8 Å². The maximum absolute atomic E-state index is 14.5. The molecule has 3 saturated carbocycles. The van der Waals surface area contributed by atoms with Gasteiger partial charge in [0, 0.05) is 29.8 Å². The first-order chi connectivity index (χ1) is 23.7. The van der Waals surface area contributed by atoms with E-state index in [4.69, 9.17) is 9.47 Å². The molecule has 0 saturated heterocycles. The van der Waals surface area contributed by atoms with Crippen molar-refractivity contribution in [2.45, 2.75) is 103 Å². The molecule has 2 N–H and O–H groups in total. The average Bonchev–Trinajstić information content (AvgIpc) is 3.82.